The Morgan fingerprint density at radius 3 is 2.31 bits per heavy atom. The fourth-order valence-electron chi connectivity index (χ4n) is 4.73. The van der Waals surface area contributed by atoms with Gasteiger partial charge in [0, 0.05) is 0 Å². The van der Waals surface area contributed by atoms with Crippen molar-refractivity contribution >= 4 is 27.5 Å². The van der Waals surface area contributed by atoms with E-state index in [0.29, 0.717) is 17.7 Å². The van der Waals surface area contributed by atoms with Crippen LogP contribution in [0.25, 0.3) is 0 Å². The number of nitrogens with one attached hydrogen (secondary N) is 1. The molecule has 32 heavy (non-hydrogen) atoms. The number of ether oxygens (including phenoxy) is 1. The van der Waals surface area contributed by atoms with Crippen molar-refractivity contribution in [2.24, 2.45) is 11.8 Å². The van der Waals surface area contributed by atoms with Gasteiger partial charge in [-0.3, -0.25) is 19.2 Å². The number of amides is 2. The first-order valence-electron chi connectivity index (χ1n) is 11.0. The van der Waals surface area contributed by atoms with E-state index in [9.17, 15) is 18.0 Å². The van der Waals surface area contributed by atoms with Crippen LogP contribution in [0.2, 0.25) is 0 Å². The van der Waals surface area contributed by atoms with Crippen LogP contribution in [-0.2, 0) is 32.6 Å². The molecule has 0 spiro atoms. The smallest absolute Gasteiger partial charge is 0.265 e. The van der Waals surface area contributed by atoms with Gasteiger partial charge < -0.3 is 4.74 Å². The highest BCUT2D eigenvalue weighted by atomic mass is 32.2. The molecule has 1 N–H and O–H groups in total. The number of likely N-dealkylation sites (tertiary alicyclic amines) is 1. The van der Waals surface area contributed by atoms with Gasteiger partial charge in [0.25, 0.3) is 10.0 Å². The van der Waals surface area contributed by atoms with E-state index in [2.05, 4.69) is 4.72 Å². The Labute approximate surface area is 188 Å². The van der Waals surface area contributed by atoms with Crippen LogP contribution in [0.3, 0.4) is 0 Å². The number of para-hydroxylation sites is 1. The third kappa shape index (κ3) is 4.11. The minimum atomic E-state index is -3.96. The summed E-state index contributed by atoms with van der Waals surface area (Å²) in [5, 5.41) is 0. The molecule has 0 bridgehead atoms. The zero-order valence-corrected chi connectivity index (χ0v) is 19.2. The predicted molar refractivity (Wildman–Crippen MR) is 121 cm³/mol. The molecule has 4 rings (SSSR count). The summed E-state index contributed by atoms with van der Waals surface area (Å²) in [7, 11) is -2.55. The summed E-state index contributed by atoms with van der Waals surface area (Å²) in [4.78, 5) is 26.9. The fraction of sp³-hybridized carbons (Fsp3) is 0.417. The number of hydrogen-bond acceptors (Lipinski definition) is 5. The van der Waals surface area contributed by atoms with Crippen LogP contribution in [0.5, 0.6) is 5.75 Å². The molecule has 1 aliphatic carbocycles. The number of anilines is 1. The van der Waals surface area contributed by atoms with Gasteiger partial charge in [0.1, 0.15) is 10.6 Å². The number of hydrogen-bond donors (Lipinski definition) is 1. The molecule has 0 radical (unpaired) electrons. The topological polar surface area (TPSA) is 92.8 Å². The number of aryl methyl sites for hydroxylation is 1. The monoisotopic (exact) mass is 456 g/mol. The molecule has 8 heteroatoms. The van der Waals surface area contributed by atoms with Crippen LogP contribution >= 0.6 is 0 Å². The molecule has 1 saturated heterocycles. The van der Waals surface area contributed by atoms with Gasteiger partial charge >= 0.3 is 0 Å². The number of imide groups is 1. The fourth-order valence-corrected chi connectivity index (χ4v) is 6.05. The number of carbonyl (C=O) groups is 2. The van der Waals surface area contributed by atoms with E-state index < -0.39 is 10.0 Å². The van der Waals surface area contributed by atoms with Gasteiger partial charge in [0.2, 0.25) is 11.8 Å². The van der Waals surface area contributed by atoms with Crippen LogP contribution in [0, 0.1) is 11.8 Å². The first kappa shape index (κ1) is 22.3. The third-order valence-corrected chi connectivity index (χ3v) is 7.82. The highest BCUT2D eigenvalue weighted by Gasteiger charge is 2.47. The molecule has 0 unspecified atom stereocenters. The number of nitrogens with zero attached hydrogens (tertiary/aromatic N) is 1. The second kappa shape index (κ2) is 8.94. The van der Waals surface area contributed by atoms with Crippen molar-refractivity contribution in [1.29, 1.82) is 0 Å². The van der Waals surface area contributed by atoms with Crippen molar-refractivity contribution in [3.8, 4) is 5.75 Å². The number of sulfonamides is 1. The molecule has 1 saturated carbocycles. The lowest BCUT2D eigenvalue weighted by molar-refractivity contribution is -0.140. The van der Waals surface area contributed by atoms with E-state index in [1.165, 1.54) is 18.1 Å². The number of rotatable bonds is 7. The predicted octanol–water partition coefficient (Wildman–Crippen LogP) is 3.73. The second-order valence-electron chi connectivity index (χ2n) is 8.36. The molecule has 1 heterocycles. The van der Waals surface area contributed by atoms with Gasteiger partial charge in [-0.25, -0.2) is 8.42 Å². The Morgan fingerprint density at radius 2 is 1.69 bits per heavy atom. The van der Waals surface area contributed by atoms with Gasteiger partial charge in [-0.05, 0) is 48.6 Å². The average molecular weight is 457 g/mol. The molecule has 170 valence electrons. The van der Waals surface area contributed by atoms with Gasteiger partial charge in [0.15, 0.2) is 0 Å². The summed E-state index contributed by atoms with van der Waals surface area (Å²) in [6, 6.07) is 12.0. The highest BCUT2D eigenvalue weighted by molar-refractivity contribution is 7.92. The van der Waals surface area contributed by atoms with Crippen LogP contribution in [0.1, 0.15) is 43.7 Å². The van der Waals surface area contributed by atoms with Gasteiger partial charge in [-0.15, -0.1) is 0 Å². The molecule has 2 atom stereocenters. The minimum absolute atomic E-state index is 0.0279. The molecule has 2 fully saturated rings. The summed E-state index contributed by atoms with van der Waals surface area (Å²) in [5.41, 5.74) is 1.95. The largest absolute Gasteiger partial charge is 0.495 e. The summed E-state index contributed by atoms with van der Waals surface area (Å²) in [6.45, 7) is 2.01. The molecule has 2 amide bonds. The van der Waals surface area contributed by atoms with Crippen molar-refractivity contribution in [1.82, 2.24) is 4.90 Å². The van der Waals surface area contributed by atoms with Crippen molar-refractivity contribution < 1.29 is 22.7 Å². The maximum atomic E-state index is 13.2. The second-order valence-corrected chi connectivity index (χ2v) is 10.0. The van der Waals surface area contributed by atoms with E-state index >= 15 is 0 Å². The van der Waals surface area contributed by atoms with E-state index in [-0.39, 0.29) is 40.8 Å². The Bertz CT molecular complexity index is 1120. The lowest BCUT2D eigenvalue weighted by Crippen LogP contribution is -2.30. The normalized spacial score (nSPS) is 20.9. The van der Waals surface area contributed by atoms with E-state index in [4.69, 9.17) is 4.74 Å². The average Bonchev–Trinajstić information content (AvgIpc) is 3.04. The first-order chi connectivity index (χ1) is 15.4. The molecule has 1 aliphatic heterocycles. The number of methoxy groups -OCH3 is 1. The first-order valence-corrected chi connectivity index (χ1v) is 12.5. The zero-order chi connectivity index (χ0) is 22.9. The van der Waals surface area contributed by atoms with Crippen molar-refractivity contribution in [3.05, 3.63) is 53.6 Å². The Kier molecular flexibility index (Phi) is 6.24. The summed E-state index contributed by atoms with van der Waals surface area (Å²) < 4.78 is 34.4. The molecule has 0 aromatic heterocycles. The Morgan fingerprint density at radius 1 is 1.03 bits per heavy atom. The van der Waals surface area contributed by atoms with Crippen LogP contribution < -0.4 is 9.46 Å². The van der Waals surface area contributed by atoms with Crippen molar-refractivity contribution in [3.63, 3.8) is 0 Å². The van der Waals surface area contributed by atoms with Crippen molar-refractivity contribution in [2.75, 3.05) is 11.8 Å². The third-order valence-electron chi connectivity index (χ3n) is 6.43. The van der Waals surface area contributed by atoms with Crippen LogP contribution in [-0.4, -0.2) is 32.2 Å². The lowest BCUT2D eigenvalue weighted by Gasteiger charge is -2.19. The maximum absolute atomic E-state index is 13.2. The molecule has 2 aromatic carbocycles. The standard InChI is InChI=1S/C24H28N2O5S/c1-3-17-8-4-7-11-20(17)25-32(29,30)22-14-16(12-13-21(22)31-2)15-26-23(27)18-9-5-6-10-19(18)24(26)28/h4,7-8,11-14,18-19,25H,3,5-6,9-10,15H2,1-2H3/t18-,19-/m1/s1. The number of fused-ring (bicyclic) bond motifs is 1. The maximum Gasteiger partial charge on any atom is 0.265 e. The molecular formula is C24H28N2O5S. The van der Waals surface area contributed by atoms with Gasteiger partial charge in [-0.1, -0.05) is 44.0 Å². The molecular weight excluding hydrogens is 428 g/mol. The van der Waals surface area contributed by atoms with E-state index in [1.54, 1.807) is 24.3 Å². The highest BCUT2D eigenvalue weighted by Crippen LogP contribution is 2.39. The number of benzene rings is 2. The number of carbonyl (C=O) groups excluding carboxylic acids is 2. The minimum Gasteiger partial charge on any atom is -0.495 e. The SMILES string of the molecule is CCc1ccccc1NS(=O)(=O)c1cc(CN2C(=O)[C@@H]3CCCC[C@H]3C2=O)ccc1OC. The Hall–Kier alpha value is -2.87. The summed E-state index contributed by atoms with van der Waals surface area (Å²) in [6.07, 6.45) is 4.09. The lowest BCUT2D eigenvalue weighted by atomic mass is 9.81. The van der Waals surface area contributed by atoms with E-state index in [0.717, 1.165) is 31.2 Å². The summed E-state index contributed by atoms with van der Waals surface area (Å²) in [5.74, 6) is -0.553. The van der Waals surface area contributed by atoms with Gasteiger partial charge in [0.05, 0.1) is 31.2 Å². The quantitative estimate of drug-likeness (QED) is 0.641. The molecule has 2 aromatic rings. The van der Waals surface area contributed by atoms with Crippen LogP contribution in [0.15, 0.2) is 47.4 Å². The Balaban J connectivity index is 1.63. The summed E-state index contributed by atoms with van der Waals surface area (Å²) >= 11 is 0. The van der Waals surface area contributed by atoms with Crippen LogP contribution in [0.4, 0.5) is 5.69 Å². The van der Waals surface area contributed by atoms with E-state index in [1.807, 2.05) is 19.1 Å². The zero-order valence-electron chi connectivity index (χ0n) is 18.3. The molecule has 7 nitrogen and oxygen atoms in total. The van der Waals surface area contributed by atoms with Gasteiger partial charge in [-0.2, -0.15) is 0 Å². The van der Waals surface area contributed by atoms with Crippen molar-refractivity contribution in [2.45, 2.75) is 50.5 Å². The molecule has 2 aliphatic rings.